The fraction of sp³-hybridized carbons (Fsp3) is 0.647. The molecule has 5 nitrogen and oxygen atoms in total. The molecule has 126 valence electrons. The van der Waals surface area contributed by atoms with Gasteiger partial charge in [-0.05, 0) is 49.1 Å². The molecule has 2 bridgehead atoms. The van der Waals surface area contributed by atoms with Gasteiger partial charge in [0.1, 0.15) is 0 Å². The van der Waals surface area contributed by atoms with Gasteiger partial charge in [0, 0.05) is 12.5 Å². The van der Waals surface area contributed by atoms with E-state index in [0.29, 0.717) is 11.6 Å². The molecule has 23 heavy (non-hydrogen) atoms. The highest BCUT2D eigenvalue weighted by molar-refractivity contribution is 7.90. The van der Waals surface area contributed by atoms with Crippen molar-refractivity contribution in [2.45, 2.75) is 51.0 Å². The molecule has 6 heteroatoms. The Morgan fingerprint density at radius 2 is 2.00 bits per heavy atom. The minimum Gasteiger partial charge on any atom is -0.350 e. The normalized spacial score (nSPS) is 28.7. The van der Waals surface area contributed by atoms with E-state index < -0.39 is 9.84 Å². The summed E-state index contributed by atoms with van der Waals surface area (Å²) < 4.78 is 23.7. The highest BCUT2D eigenvalue weighted by atomic mass is 32.2. The number of hydrogen-bond acceptors (Lipinski definition) is 4. The molecule has 0 aromatic carbocycles. The lowest BCUT2D eigenvalue weighted by molar-refractivity contribution is -0.135. The SMILES string of the molecule is CC1(C)C2CCC1(C(=O)NCc1ncccc1S(C)(=O)=O)CC2. The number of rotatable bonds is 4. The minimum atomic E-state index is -3.35. The Morgan fingerprint density at radius 3 is 2.52 bits per heavy atom. The second-order valence-electron chi connectivity index (χ2n) is 7.48. The summed E-state index contributed by atoms with van der Waals surface area (Å²) in [6.07, 6.45) is 6.79. The van der Waals surface area contributed by atoms with Gasteiger partial charge in [0.25, 0.3) is 0 Å². The Kier molecular flexibility index (Phi) is 3.78. The van der Waals surface area contributed by atoms with Crippen molar-refractivity contribution in [1.29, 1.82) is 0 Å². The number of nitrogens with zero attached hydrogens (tertiary/aromatic N) is 1. The number of carbonyl (C=O) groups excluding carboxylic acids is 1. The predicted molar refractivity (Wildman–Crippen MR) is 87.4 cm³/mol. The molecule has 1 heterocycles. The molecule has 2 fully saturated rings. The maximum Gasteiger partial charge on any atom is 0.227 e. The molecule has 3 rings (SSSR count). The summed E-state index contributed by atoms with van der Waals surface area (Å²) in [4.78, 5) is 17.2. The van der Waals surface area contributed by atoms with Crippen LogP contribution in [-0.4, -0.2) is 25.6 Å². The van der Waals surface area contributed by atoms with E-state index in [4.69, 9.17) is 0 Å². The van der Waals surface area contributed by atoms with Gasteiger partial charge < -0.3 is 5.32 Å². The van der Waals surface area contributed by atoms with Crippen molar-refractivity contribution in [2.75, 3.05) is 6.26 Å². The molecule has 0 aliphatic heterocycles. The van der Waals surface area contributed by atoms with E-state index in [1.165, 1.54) is 6.07 Å². The van der Waals surface area contributed by atoms with E-state index in [1.807, 2.05) is 0 Å². The maximum absolute atomic E-state index is 12.9. The Morgan fingerprint density at radius 1 is 1.35 bits per heavy atom. The number of fused-ring (bicyclic) bond motifs is 2. The number of amides is 1. The lowest BCUT2D eigenvalue weighted by Gasteiger charge is -2.36. The second kappa shape index (κ2) is 5.30. The van der Waals surface area contributed by atoms with Gasteiger partial charge in [-0.2, -0.15) is 0 Å². The molecule has 0 unspecified atom stereocenters. The van der Waals surface area contributed by atoms with E-state index in [-0.39, 0.29) is 28.2 Å². The van der Waals surface area contributed by atoms with Crippen LogP contribution in [0.2, 0.25) is 0 Å². The van der Waals surface area contributed by atoms with Crippen molar-refractivity contribution >= 4 is 15.7 Å². The molecule has 0 radical (unpaired) electrons. The molecule has 2 aliphatic rings. The van der Waals surface area contributed by atoms with Crippen LogP contribution in [0.3, 0.4) is 0 Å². The van der Waals surface area contributed by atoms with Gasteiger partial charge in [0.05, 0.1) is 22.5 Å². The van der Waals surface area contributed by atoms with Gasteiger partial charge in [-0.15, -0.1) is 0 Å². The molecule has 1 aromatic rings. The van der Waals surface area contributed by atoms with Gasteiger partial charge in [-0.1, -0.05) is 13.8 Å². The second-order valence-corrected chi connectivity index (χ2v) is 9.47. The van der Waals surface area contributed by atoms with E-state index in [9.17, 15) is 13.2 Å². The van der Waals surface area contributed by atoms with E-state index in [2.05, 4.69) is 24.1 Å². The number of carbonyl (C=O) groups is 1. The monoisotopic (exact) mass is 336 g/mol. The molecular formula is C17H24N2O3S. The van der Waals surface area contributed by atoms with E-state index in [0.717, 1.165) is 31.9 Å². The fourth-order valence-electron chi connectivity index (χ4n) is 4.61. The number of pyridine rings is 1. The number of sulfone groups is 1. The predicted octanol–water partition coefficient (Wildman–Crippen LogP) is 2.32. The van der Waals surface area contributed by atoms with Crippen molar-refractivity contribution in [3.63, 3.8) is 0 Å². The lowest BCUT2D eigenvalue weighted by atomic mass is 9.68. The average Bonchev–Trinajstić information content (AvgIpc) is 2.91. The van der Waals surface area contributed by atoms with Crippen LogP contribution in [0.25, 0.3) is 0 Å². The first-order valence-electron chi connectivity index (χ1n) is 8.11. The first-order chi connectivity index (χ1) is 10.7. The zero-order valence-corrected chi connectivity index (χ0v) is 14.7. The van der Waals surface area contributed by atoms with Crippen LogP contribution in [0.15, 0.2) is 23.2 Å². The molecule has 1 aromatic heterocycles. The topological polar surface area (TPSA) is 76.1 Å². The largest absolute Gasteiger partial charge is 0.350 e. The van der Waals surface area contributed by atoms with Gasteiger partial charge in [-0.3, -0.25) is 9.78 Å². The van der Waals surface area contributed by atoms with Crippen LogP contribution >= 0.6 is 0 Å². The first kappa shape index (κ1) is 16.4. The van der Waals surface area contributed by atoms with Crippen molar-refractivity contribution in [2.24, 2.45) is 16.7 Å². The average molecular weight is 336 g/mol. The van der Waals surface area contributed by atoms with Crippen LogP contribution < -0.4 is 5.32 Å². The van der Waals surface area contributed by atoms with Gasteiger partial charge in [0.15, 0.2) is 9.84 Å². The smallest absolute Gasteiger partial charge is 0.227 e. The highest BCUT2D eigenvalue weighted by Gasteiger charge is 2.62. The Bertz CT molecular complexity index is 732. The Hall–Kier alpha value is -1.43. The quantitative estimate of drug-likeness (QED) is 0.915. The van der Waals surface area contributed by atoms with Crippen LogP contribution in [-0.2, 0) is 21.2 Å². The summed E-state index contributed by atoms with van der Waals surface area (Å²) in [5, 5.41) is 2.96. The lowest BCUT2D eigenvalue weighted by Crippen LogP contribution is -2.45. The summed E-state index contributed by atoms with van der Waals surface area (Å²) in [7, 11) is -3.35. The molecule has 2 aliphatic carbocycles. The Balaban J connectivity index is 1.79. The summed E-state index contributed by atoms with van der Waals surface area (Å²) in [5.41, 5.74) is 0.114. The van der Waals surface area contributed by atoms with Crippen LogP contribution in [0.4, 0.5) is 0 Å². The fourth-order valence-corrected chi connectivity index (χ4v) is 5.49. The highest BCUT2D eigenvalue weighted by Crippen LogP contribution is 2.65. The number of hydrogen-bond donors (Lipinski definition) is 1. The van der Waals surface area contributed by atoms with Crippen LogP contribution in [0.1, 0.15) is 45.2 Å². The standard InChI is InChI=1S/C17H24N2O3S/c1-16(2)12-6-8-17(16,9-7-12)15(20)19-11-13-14(23(3,21)22)5-4-10-18-13/h4-5,10,12H,6-9,11H2,1-3H3,(H,19,20). The maximum atomic E-state index is 12.9. The van der Waals surface area contributed by atoms with Gasteiger partial charge >= 0.3 is 0 Å². The van der Waals surface area contributed by atoms with Crippen LogP contribution in [0, 0.1) is 16.7 Å². The first-order valence-corrected chi connectivity index (χ1v) is 10.00. The summed E-state index contributed by atoms with van der Waals surface area (Å²) in [6.45, 7) is 4.55. The van der Waals surface area contributed by atoms with E-state index >= 15 is 0 Å². The molecule has 2 saturated carbocycles. The minimum absolute atomic E-state index is 0.0147. The molecule has 1 amide bonds. The van der Waals surface area contributed by atoms with Gasteiger partial charge in [0.2, 0.25) is 5.91 Å². The van der Waals surface area contributed by atoms with Crippen molar-refractivity contribution < 1.29 is 13.2 Å². The third kappa shape index (κ3) is 2.47. The summed E-state index contributed by atoms with van der Waals surface area (Å²) >= 11 is 0. The van der Waals surface area contributed by atoms with Crippen LogP contribution in [0.5, 0.6) is 0 Å². The van der Waals surface area contributed by atoms with E-state index in [1.54, 1.807) is 12.3 Å². The van der Waals surface area contributed by atoms with Crippen molar-refractivity contribution in [3.8, 4) is 0 Å². The number of nitrogens with one attached hydrogen (secondary N) is 1. The molecular weight excluding hydrogens is 312 g/mol. The molecule has 0 saturated heterocycles. The zero-order valence-electron chi connectivity index (χ0n) is 13.9. The van der Waals surface area contributed by atoms with Crippen molar-refractivity contribution in [3.05, 3.63) is 24.0 Å². The summed E-state index contributed by atoms with van der Waals surface area (Å²) in [6, 6.07) is 3.13. The molecule has 1 N–H and O–H groups in total. The molecule has 0 spiro atoms. The van der Waals surface area contributed by atoms with Crippen molar-refractivity contribution in [1.82, 2.24) is 10.3 Å². The summed E-state index contributed by atoms with van der Waals surface area (Å²) in [5.74, 6) is 0.669. The third-order valence-electron chi connectivity index (χ3n) is 6.19. The molecule has 0 atom stereocenters. The third-order valence-corrected chi connectivity index (χ3v) is 7.36. The zero-order chi connectivity index (χ0) is 16.9. The Labute approximate surface area is 137 Å². The van der Waals surface area contributed by atoms with Gasteiger partial charge in [-0.25, -0.2) is 8.42 Å². The number of aromatic nitrogens is 1.